The van der Waals surface area contributed by atoms with E-state index in [4.69, 9.17) is 15.2 Å². The summed E-state index contributed by atoms with van der Waals surface area (Å²) in [6.07, 6.45) is 0. The summed E-state index contributed by atoms with van der Waals surface area (Å²) < 4.78 is 12.5. The molecule has 0 bridgehead atoms. The molecule has 0 atom stereocenters. The van der Waals surface area contributed by atoms with Gasteiger partial charge in [-0.25, -0.2) is 4.98 Å². The number of ether oxygens (including phenoxy) is 2. The number of para-hydroxylation sites is 2. The summed E-state index contributed by atoms with van der Waals surface area (Å²) in [5, 5.41) is 0. The molecule has 2 aromatic carbocycles. The lowest BCUT2D eigenvalue weighted by Gasteiger charge is -2.11. The van der Waals surface area contributed by atoms with Crippen molar-refractivity contribution in [2.45, 2.75) is 0 Å². The normalized spacial score (nSPS) is 10.7. The predicted molar refractivity (Wildman–Crippen MR) is 78.6 cm³/mol. The van der Waals surface area contributed by atoms with Crippen molar-refractivity contribution in [3.8, 4) is 17.2 Å². The van der Waals surface area contributed by atoms with E-state index in [9.17, 15) is 0 Å². The number of benzene rings is 2. The van der Waals surface area contributed by atoms with Crippen LogP contribution in [0, 0.1) is 0 Å². The Morgan fingerprint density at radius 2 is 1.85 bits per heavy atom. The quantitative estimate of drug-likeness (QED) is 0.794. The third-order valence-corrected chi connectivity index (χ3v) is 3.21. The zero-order valence-electron chi connectivity index (χ0n) is 11.3. The first-order valence-corrected chi connectivity index (χ1v) is 6.20. The van der Waals surface area contributed by atoms with Gasteiger partial charge >= 0.3 is 0 Å². The first-order chi connectivity index (χ1) is 9.74. The highest BCUT2D eigenvalue weighted by atomic mass is 16.5. The molecule has 0 fully saturated rings. The van der Waals surface area contributed by atoms with Crippen LogP contribution in [0.1, 0.15) is 0 Å². The number of aromatic nitrogens is 2. The first kappa shape index (κ1) is 12.3. The van der Waals surface area contributed by atoms with Crippen LogP contribution in [0.25, 0.3) is 16.7 Å². The number of hydrogen-bond donors (Lipinski definition) is 1. The van der Waals surface area contributed by atoms with Crippen molar-refractivity contribution in [2.24, 2.45) is 0 Å². The summed E-state index contributed by atoms with van der Waals surface area (Å²) in [4.78, 5) is 4.38. The van der Waals surface area contributed by atoms with E-state index in [1.54, 1.807) is 14.2 Å². The second kappa shape index (κ2) is 4.77. The first-order valence-electron chi connectivity index (χ1n) is 6.20. The van der Waals surface area contributed by atoms with Gasteiger partial charge in [0.05, 0.1) is 30.9 Å². The largest absolute Gasteiger partial charge is 0.497 e. The molecule has 1 heterocycles. The lowest BCUT2D eigenvalue weighted by Crippen LogP contribution is -2.02. The molecule has 0 saturated carbocycles. The van der Waals surface area contributed by atoms with E-state index in [2.05, 4.69) is 4.98 Å². The molecule has 0 aliphatic carbocycles. The molecule has 0 aliphatic rings. The van der Waals surface area contributed by atoms with Gasteiger partial charge in [-0.15, -0.1) is 0 Å². The fraction of sp³-hybridized carbons (Fsp3) is 0.133. The number of nitrogens with zero attached hydrogens (tertiary/aromatic N) is 2. The molecule has 0 amide bonds. The third kappa shape index (κ3) is 1.84. The van der Waals surface area contributed by atoms with Crippen molar-refractivity contribution in [2.75, 3.05) is 20.0 Å². The molecule has 20 heavy (non-hydrogen) atoms. The predicted octanol–water partition coefficient (Wildman–Crippen LogP) is 2.62. The van der Waals surface area contributed by atoms with Crippen LogP contribution in [0.4, 0.5) is 5.95 Å². The van der Waals surface area contributed by atoms with Gasteiger partial charge in [0.15, 0.2) is 0 Å². The van der Waals surface area contributed by atoms with Crippen LogP contribution < -0.4 is 15.2 Å². The maximum Gasteiger partial charge on any atom is 0.206 e. The van der Waals surface area contributed by atoms with Gasteiger partial charge in [0, 0.05) is 6.07 Å². The molecule has 0 aliphatic heterocycles. The Balaban J connectivity index is 2.28. The summed E-state index contributed by atoms with van der Waals surface area (Å²) in [5.74, 6) is 1.91. The highest BCUT2D eigenvalue weighted by Gasteiger charge is 2.13. The van der Waals surface area contributed by atoms with E-state index in [1.165, 1.54) is 0 Å². The second-order valence-electron chi connectivity index (χ2n) is 4.33. The highest BCUT2D eigenvalue weighted by Crippen LogP contribution is 2.30. The number of anilines is 1. The van der Waals surface area contributed by atoms with Gasteiger partial charge in [0.1, 0.15) is 11.5 Å². The van der Waals surface area contributed by atoms with Gasteiger partial charge < -0.3 is 15.2 Å². The van der Waals surface area contributed by atoms with E-state index < -0.39 is 0 Å². The molecule has 3 rings (SSSR count). The smallest absolute Gasteiger partial charge is 0.206 e. The molecule has 102 valence electrons. The Bertz CT molecular complexity index is 765. The summed E-state index contributed by atoms with van der Waals surface area (Å²) >= 11 is 0. The molecule has 0 spiro atoms. The summed E-state index contributed by atoms with van der Waals surface area (Å²) in [7, 11) is 3.26. The Kier molecular flexibility index (Phi) is 2.95. The number of fused-ring (bicyclic) bond motifs is 1. The van der Waals surface area contributed by atoms with Gasteiger partial charge in [-0.1, -0.05) is 12.1 Å². The zero-order valence-corrected chi connectivity index (χ0v) is 11.3. The van der Waals surface area contributed by atoms with E-state index in [-0.39, 0.29) is 0 Å². The van der Waals surface area contributed by atoms with Gasteiger partial charge in [-0.2, -0.15) is 0 Å². The van der Waals surface area contributed by atoms with Crippen LogP contribution in [0.3, 0.4) is 0 Å². The molecular weight excluding hydrogens is 254 g/mol. The van der Waals surface area contributed by atoms with Crippen LogP contribution in [0.15, 0.2) is 42.5 Å². The summed E-state index contributed by atoms with van der Waals surface area (Å²) in [5.41, 5.74) is 8.61. The fourth-order valence-electron chi connectivity index (χ4n) is 2.27. The number of nitrogens with two attached hydrogens (primary N) is 1. The molecule has 5 heteroatoms. The van der Waals surface area contributed by atoms with E-state index in [0.29, 0.717) is 5.95 Å². The van der Waals surface area contributed by atoms with Crippen molar-refractivity contribution in [1.29, 1.82) is 0 Å². The fourth-order valence-corrected chi connectivity index (χ4v) is 2.27. The number of imidazole rings is 1. The maximum absolute atomic E-state index is 6.06. The molecular formula is C15H15N3O2. The Labute approximate surface area is 116 Å². The zero-order chi connectivity index (χ0) is 14.1. The lowest BCUT2D eigenvalue weighted by molar-refractivity contribution is 0.413. The average Bonchev–Trinajstić information content (AvgIpc) is 2.81. The molecule has 1 aromatic heterocycles. The van der Waals surface area contributed by atoms with E-state index >= 15 is 0 Å². The van der Waals surface area contributed by atoms with Crippen molar-refractivity contribution >= 4 is 17.0 Å². The molecule has 0 radical (unpaired) electrons. The standard InChI is InChI=1S/C15H15N3O2/c1-19-10-7-8-12-11(9-10)17-15(16)18(12)13-5-3-4-6-14(13)20-2/h3-9H,1-2H3,(H2,16,17). The van der Waals surface area contributed by atoms with E-state index in [0.717, 1.165) is 28.2 Å². The molecule has 0 saturated heterocycles. The SMILES string of the molecule is COc1ccc2c(c1)nc(N)n2-c1ccccc1OC. The van der Waals surface area contributed by atoms with Crippen LogP contribution in [-0.4, -0.2) is 23.8 Å². The minimum Gasteiger partial charge on any atom is -0.497 e. The monoisotopic (exact) mass is 269 g/mol. The number of rotatable bonds is 3. The second-order valence-corrected chi connectivity index (χ2v) is 4.33. The van der Waals surface area contributed by atoms with Crippen molar-refractivity contribution < 1.29 is 9.47 Å². The number of nitrogen functional groups attached to an aromatic ring is 1. The Morgan fingerprint density at radius 1 is 1.05 bits per heavy atom. The van der Waals surface area contributed by atoms with Crippen molar-refractivity contribution in [3.05, 3.63) is 42.5 Å². The van der Waals surface area contributed by atoms with Gasteiger partial charge in [-0.05, 0) is 24.3 Å². The summed E-state index contributed by atoms with van der Waals surface area (Å²) in [6.45, 7) is 0. The average molecular weight is 269 g/mol. The minimum absolute atomic E-state index is 0.415. The van der Waals surface area contributed by atoms with Gasteiger partial charge in [-0.3, -0.25) is 4.57 Å². The topological polar surface area (TPSA) is 62.3 Å². The lowest BCUT2D eigenvalue weighted by atomic mass is 10.2. The third-order valence-electron chi connectivity index (χ3n) is 3.21. The Morgan fingerprint density at radius 3 is 2.60 bits per heavy atom. The molecule has 2 N–H and O–H groups in total. The molecule has 5 nitrogen and oxygen atoms in total. The van der Waals surface area contributed by atoms with E-state index in [1.807, 2.05) is 47.0 Å². The van der Waals surface area contributed by atoms with Crippen LogP contribution >= 0.6 is 0 Å². The van der Waals surface area contributed by atoms with Crippen molar-refractivity contribution in [3.63, 3.8) is 0 Å². The number of methoxy groups -OCH3 is 2. The van der Waals surface area contributed by atoms with Gasteiger partial charge in [0.2, 0.25) is 5.95 Å². The minimum atomic E-state index is 0.415. The van der Waals surface area contributed by atoms with Crippen LogP contribution in [0.5, 0.6) is 11.5 Å². The molecule has 3 aromatic rings. The Hall–Kier alpha value is -2.69. The highest BCUT2D eigenvalue weighted by molar-refractivity contribution is 5.82. The van der Waals surface area contributed by atoms with Crippen molar-refractivity contribution in [1.82, 2.24) is 9.55 Å². The maximum atomic E-state index is 6.06. The van der Waals surface area contributed by atoms with Crippen LogP contribution in [-0.2, 0) is 0 Å². The summed E-state index contributed by atoms with van der Waals surface area (Å²) in [6, 6.07) is 13.4. The number of hydrogen-bond acceptors (Lipinski definition) is 4. The molecule has 0 unspecified atom stereocenters. The van der Waals surface area contributed by atoms with Gasteiger partial charge in [0.25, 0.3) is 0 Å². The van der Waals surface area contributed by atoms with Crippen LogP contribution in [0.2, 0.25) is 0 Å².